The van der Waals surface area contributed by atoms with Gasteiger partial charge in [0.1, 0.15) is 0 Å². The van der Waals surface area contributed by atoms with E-state index in [1.807, 2.05) is 0 Å². The van der Waals surface area contributed by atoms with Gasteiger partial charge >= 0.3 is 18.9 Å². The molecule has 0 atom stereocenters. The summed E-state index contributed by atoms with van der Waals surface area (Å²) in [6.45, 7) is 2.00. The van der Waals surface area contributed by atoms with Crippen molar-refractivity contribution in [2.24, 2.45) is 0 Å². The predicted molar refractivity (Wildman–Crippen MR) is 21.2 cm³/mol. The second-order valence-corrected chi connectivity index (χ2v) is 1.32. The van der Waals surface area contributed by atoms with Gasteiger partial charge in [0.05, 0.1) is 0 Å². The van der Waals surface area contributed by atoms with Crippen LogP contribution in [0.15, 0.2) is 0 Å². The third kappa shape index (κ3) is 1.87. The van der Waals surface area contributed by atoms with Crippen LogP contribution in [0.25, 0.3) is 0 Å². The summed E-state index contributed by atoms with van der Waals surface area (Å²) < 4.78 is 4.94. The molecule has 0 saturated carbocycles. The van der Waals surface area contributed by atoms with Crippen LogP contribution in [0.2, 0.25) is 0 Å². The molecule has 0 amide bonds. The molecule has 0 bridgehead atoms. The fourth-order valence-corrected chi connectivity index (χ4v) is 0.510. The molecule has 1 nitrogen and oxygen atoms in total. The van der Waals surface area contributed by atoms with Crippen LogP contribution in [0.1, 0.15) is 14.3 Å². The van der Waals surface area contributed by atoms with E-state index < -0.39 is 0 Å². The molecule has 0 spiro atoms. The Labute approximate surface area is 51.7 Å². The first-order chi connectivity index (χ1) is 2.50. The van der Waals surface area contributed by atoms with Crippen molar-refractivity contribution >= 4 is 0 Å². The molecule has 1 fully saturated rings. The monoisotopic (exact) mass is 80.1 g/mol. The zero-order valence-corrected chi connectivity index (χ0v) is 4.24. The number of rotatable bonds is 0. The molecule has 1 saturated heterocycles. The number of ether oxygens (including phenoxy) is 1. The van der Waals surface area contributed by atoms with E-state index in [1.165, 1.54) is 12.8 Å². The Morgan fingerprint density at radius 1 is 1.17 bits per heavy atom. The van der Waals surface area contributed by atoms with E-state index in [-0.39, 0.29) is 20.3 Å². The van der Waals surface area contributed by atoms with Gasteiger partial charge in [-0.3, -0.25) is 0 Å². The third-order valence-electron chi connectivity index (χ3n) is 0.827. The Kier molecular flexibility index (Phi) is 4.08. The van der Waals surface area contributed by atoms with E-state index in [2.05, 4.69) is 0 Å². The van der Waals surface area contributed by atoms with Crippen LogP contribution >= 0.6 is 0 Å². The number of hydrogen-bond donors (Lipinski definition) is 0. The van der Waals surface area contributed by atoms with Crippen molar-refractivity contribution < 1.29 is 25.0 Å². The van der Waals surface area contributed by atoms with Crippen LogP contribution in [0, 0.1) is 0 Å². The van der Waals surface area contributed by atoms with Gasteiger partial charge in [0.25, 0.3) is 0 Å². The van der Waals surface area contributed by atoms with Crippen molar-refractivity contribution in [1.29, 1.82) is 0 Å². The van der Waals surface area contributed by atoms with Crippen LogP contribution in [0.5, 0.6) is 0 Å². The van der Waals surface area contributed by atoms with Crippen LogP contribution < -0.4 is 18.9 Å². The summed E-state index contributed by atoms with van der Waals surface area (Å²) >= 11 is 0. The summed E-state index contributed by atoms with van der Waals surface area (Å²) in [6, 6.07) is 0. The summed E-state index contributed by atoms with van der Waals surface area (Å²) in [4.78, 5) is 0. The molecular formula is C4H9LiO. The molecule has 0 aromatic carbocycles. The van der Waals surface area contributed by atoms with Crippen molar-refractivity contribution in [3.8, 4) is 0 Å². The molecule has 1 aliphatic heterocycles. The maximum atomic E-state index is 4.94. The van der Waals surface area contributed by atoms with Crippen LogP contribution in [-0.2, 0) is 4.74 Å². The quantitative estimate of drug-likeness (QED) is 0.303. The predicted octanol–water partition coefficient (Wildman–Crippen LogP) is -2.09. The van der Waals surface area contributed by atoms with Crippen molar-refractivity contribution in [2.75, 3.05) is 13.2 Å². The standard InChI is InChI=1S/C4H8O.Li.H/c1-2-4-5-3-1;;/h1-4H2;;/q;+1;-1. The van der Waals surface area contributed by atoms with Crippen molar-refractivity contribution in [3.63, 3.8) is 0 Å². The number of hydrogen-bond acceptors (Lipinski definition) is 1. The molecule has 1 heterocycles. The molecule has 32 valence electrons. The van der Waals surface area contributed by atoms with Crippen molar-refractivity contribution in [2.45, 2.75) is 12.8 Å². The van der Waals surface area contributed by atoms with Gasteiger partial charge in [-0.1, -0.05) is 0 Å². The minimum Gasteiger partial charge on any atom is -1.00 e. The first-order valence-corrected chi connectivity index (χ1v) is 2.08. The maximum absolute atomic E-state index is 4.94. The van der Waals surface area contributed by atoms with E-state index in [0.717, 1.165) is 13.2 Å². The first kappa shape index (κ1) is 6.56. The molecule has 0 N–H and O–H groups in total. The van der Waals surface area contributed by atoms with Gasteiger partial charge in [-0.25, -0.2) is 0 Å². The van der Waals surface area contributed by atoms with Crippen molar-refractivity contribution in [1.82, 2.24) is 0 Å². The molecule has 0 radical (unpaired) electrons. The zero-order valence-electron chi connectivity index (χ0n) is 5.24. The Morgan fingerprint density at radius 3 is 1.83 bits per heavy atom. The van der Waals surface area contributed by atoms with Crippen LogP contribution in [-0.4, -0.2) is 13.2 Å². The molecule has 2 heteroatoms. The van der Waals surface area contributed by atoms with E-state index in [0.29, 0.717) is 0 Å². The van der Waals surface area contributed by atoms with Gasteiger partial charge in [0.15, 0.2) is 0 Å². The average molecular weight is 80.1 g/mol. The smallest absolute Gasteiger partial charge is 1.00 e. The Morgan fingerprint density at radius 2 is 1.67 bits per heavy atom. The molecule has 0 aromatic heterocycles. The summed E-state index contributed by atoms with van der Waals surface area (Å²) in [6.07, 6.45) is 2.56. The van der Waals surface area contributed by atoms with Gasteiger partial charge in [-0.15, -0.1) is 0 Å². The molecule has 0 unspecified atom stereocenters. The molecule has 0 aromatic rings. The normalized spacial score (nSPS) is 20.0. The van der Waals surface area contributed by atoms with E-state index in [1.54, 1.807) is 0 Å². The van der Waals surface area contributed by atoms with Gasteiger partial charge in [-0.2, -0.15) is 0 Å². The Balaban J connectivity index is 0. The van der Waals surface area contributed by atoms with Gasteiger partial charge in [0.2, 0.25) is 0 Å². The SMILES string of the molecule is C1CCOC1.[H-].[Li+]. The summed E-state index contributed by atoms with van der Waals surface area (Å²) in [5.41, 5.74) is 0. The molecule has 1 rings (SSSR count). The third-order valence-corrected chi connectivity index (χ3v) is 0.827. The van der Waals surface area contributed by atoms with Crippen LogP contribution in [0.4, 0.5) is 0 Å². The maximum Gasteiger partial charge on any atom is 1.00 e. The molecule has 1 aliphatic rings. The molecular weight excluding hydrogens is 71.0 g/mol. The molecule has 0 aliphatic carbocycles. The van der Waals surface area contributed by atoms with Gasteiger partial charge < -0.3 is 6.16 Å². The fourth-order valence-electron chi connectivity index (χ4n) is 0.510. The Bertz CT molecular complexity index is 23.3. The van der Waals surface area contributed by atoms with E-state index >= 15 is 0 Å². The van der Waals surface area contributed by atoms with Crippen molar-refractivity contribution in [3.05, 3.63) is 0 Å². The zero-order chi connectivity index (χ0) is 3.54. The van der Waals surface area contributed by atoms with E-state index in [4.69, 9.17) is 4.74 Å². The minimum absolute atomic E-state index is 0. The van der Waals surface area contributed by atoms with Gasteiger partial charge in [0, 0.05) is 13.2 Å². The summed E-state index contributed by atoms with van der Waals surface area (Å²) in [7, 11) is 0. The second kappa shape index (κ2) is 3.74. The molecule has 6 heavy (non-hydrogen) atoms. The van der Waals surface area contributed by atoms with Gasteiger partial charge in [-0.05, 0) is 12.8 Å². The Hall–Kier alpha value is 0.557. The summed E-state index contributed by atoms with van der Waals surface area (Å²) in [5, 5.41) is 0. The minimum atomic E-state index is 0. The first-order valence-electron chi connectivity index (χ1n) is 2.08. The average Bonchev–Trinajstić information content (AvgIpc) is 1.76. The fraction of sp³-hybridized carbons (Fsp3) is 1.00. The largest absolute Gasteiger partial charge is 1.00 e. The second-order valence-electron chi connectivity index (χ2n) is 1.32. The van der Waals surface area contributed by atoms with Crippen LogP contribution in [0.3, 0.4) is 0 Å². The van der Waals surface area contributed by atoms with E-state index in [9.17, 15) is 0 Å². The summed E-state index contributed by atoms with van der Waals surface area (Å²) in [5.74, 6) is 0. The topological polar surface area (TPSA) is 9.23 Å².